The highest BCUT2D eigenvalue weighted by Gasteiger charge is 2.22. The van der Waals surface area contributed by atoms with E-state index in [2.05, 4.69) is 56.7 Å². The Hall–Kier alpha value is -2.75. The molecule has 3 heterocycles. The minimum Gasteiger partial charge on any atom is -0.369 e. The SMILES string of the molecule is CN1CCN(c2ccc(-n3nnc4ccc(C=C5SC(=S)NC5=O)cc43)cc2)CC1. The lowest BCUT2D eigenvalue weighted by atomic mass is 10.1. The van der Waals surface area contributed by atoms with Gasteiger partial charge in [0.15, 0.2) is 0 Å². The van der Waals surface area contributed by atoms with Crippen molar-refractivity contribution in [2.45, 2.75) is 0 Å². The van der Waals surface area contributed by atoms with Crippen LogP contribution in [-0.4, -0.2) is 63.3 Å². The van der Waals surface area contributed by atoms with E-state index in [1.807, 2.05) is 29.0 Å². The zero-order valence-corrected chi connectivity index (χ0v) is 18.0. The van der Waals surface area contributed by atoms with Crippen molar-refractivity contribution >= 4 is 57.0 Å². The average molecular weight is 437 g/mol. The van der Waals surface area contributed by atoms with E-state index in [9.17, 15) is 4.79 Å². The van der Waals surface area contributed by atoms with Crippen molar-refractivity contribution in [3.8, 4) is 5.69 Å². The topological polar surface area (TPSA) is 66.3 Å². The highest BCUT2D eigenvalue weighted by Crippen LogP contribution is 2.27. The molecule has 0 saturated carbocycles. The first-order chi connectivity index (χ1) is 14.6. The first-order valence-corrected chi connectivity index (χ1v) is 10.9. The van der Waals surface area contributed by atoms with Crippen LogP contribution in [0.4, 0.5) is 5.69 Å². The van der Waals surface area contributed by atoms with Gasteiger partial charge in [0.25, 0.3) is 5.91 Å². The molecule has 152 valence electrons. The van der Waals surface area contributed by atoms with Gasteiger partial charge in [-0.2, -0.15) is 0 Å². The van der Waals surface area contributed by atoms with E-state index in [4.69, 9.17) is 12.2 Å². The van der Waals surface area contributed by atoms with Gasteiger partial charge in [0.1, 0.15) is 9.84 Å². The molecule has 0 atom stereocenters. The van der Waals surface area contributed by atoms with Crippen molar-refractivity contribution in [2.75, 3.05) is 38.1 Å². The summed E-state index contributed by atoms with van der Waals surface area (Å²) in [6.45, 7) is 4.23. The van der Waals surface area contributed by atoms with Crippen LogP contribution < -0.4 is 10.2 Å². The molecular formula is C21H20N6OS2. The van der Waals surface area contributed by atoms with Crippen LogP contribution in [0.3, 0.4) is 0 Å². The van der Waals surface area contributed by atoms with Crippen LogP contribution in [0.2, 0.25) is 0 Å². The summed E-state index contributed by atoms with van der Waals surface area (Å²) in [6.07, 6.45) is 1.84. The molecule has 0 bridgehead atoms. The third-order valence-electron chi connectivity index (χ3n) is 5.37. The highest BCUT2D eigenvalue weighted by atomic mass is 32.2. The number of thiocarbonyl (C=S) groups is 1. The van der Waals surface area contributed by atoms with Crippen LogP contribution in [0.25, 0.3) is 22.8 Å². The maximum Gasteiger partial charge on any atom is 0.263 e. The van der Waals surface area contributed by atoms with Gasteiger partial charge in [-0.3, -0.25) is 4.79 Å². The number of fused-ring (bicyclic) bond motifs is 1. The quantitative estimate of drug-likeness (QED) is 0.500. The Kier molecular flexibility index (Phi) is 5.01. The van der Waals surface area contributed by atoms with Crippen molar-refractivity contribution in [1.29, 1.82) is 0 Å². The monoisotopic (exact) mass is 436 g/mol. The number of hydrogen-bond donors (Lipinski definition) is 1. The zero-order valence-electron chi connectivity index (χ0n) is 16.4. The van der Waals surface area contributed by atoms with Crippen LogP contribution in [0.15, 0.2) is 47.4 Å². The van der Waals surface area contributed by atoms with E-state index in [-0.39, 0.29) is 5.91 Å². The fourth-order valence-corrected chi connectivity index (χ4v) is 4.70. The fourth-order valence-electron chi connectivity index (χ4n) is 3.66. The molecule has 1 aromatic heterocycles. The van der Waals surface area contributed by atoms with Crippen LogP contribution in [0, 0.1) is 0 Å². The number of carbonyl (C=O) groups excluding carboxylic acids is 1. The first kappa shape index (κ1) is 19.2. The van der Waals surface area contributed by atoms with Gasteiger partial charge in [0, 0.05) is 31.9 Å². The summed E-state index contributed by atoms with van der Waals surface area (Å²) in [5, 5.41) is 11.3. The molecule has 2 aliphatic rings. The second-order valence-corrected chi connectivity index (χ2v) is 9.13. The lowest BCUT2D eigenvalue weighted by Crippen LogP contribution is -2.44. The summed E-state index contributed by atoms with van der Waals surface area (Å²) in [5.74, 6) is -0.156. The standard InChI is InChI=1S/C21H20N6OS2/c1-25-8-10-26(11-9-25)15-3-5-16(6-4-15)27-18-12-14(2-7-17(18)23-24-27)13-19-20(28)22-21(29)30-19/h2-7,12-13H,8-11H2,1H3,(H,22,28,29). The number of anilines is 1. The minimum atomic E-state index is -0.156. The molecule has 2 saturated heterocycles. The minimum absolute atomic E-state index is 0.156. The fraction of sp³-hybridized carbons (Fsp3) is 0.238. The average Bonchev–Trinajstić information content (AvgIpc) is 3.31. The Morgan fingerprint density at radius 1 is 1.07 bits per heavy atom. The molecule has 0 unspecified atom stereocenters. The van der Waals surface area contributed by atoms with Crippen molar-refractivity contribution in [2.24, 2.45) is 0 Å². The number of aromatic nitrogens is 3. The van der Waals surface area contributed by atoms with Gasteiger partial charge in [0.05, 0.1) is 16.1 Å². The molecule has 0 aliphatic carbocycles. The summed E-state index contributed by atoms with van der Waals surface area (Å²) >= 11 is 6.34. The number of benzene rings is 2. The molecule has 7 nitrogen and oxygen atoms in total. The number of amides is 1. The van der Waals surface area contributed by atoms with Crippen molar-refractivity contribution in [3.63, 3.8) is 0 Å². The predicted molar refractivity (Wildman–Crippen MR) is 125 cm³/mol. The Morgan fingerprint density at radius 2 is 1.80 bits per heavy atom. The first-order valence-electron chi connectivity index (χ1n) is 9.71. The van der Waals surface area contributed by atoms with E-state index < -0.39 is 0 Å². The Labute approximate surface area is 183 Å². The number of carbonyl (C=O) groups is 1. The molecule has 1 amide bonds. The molecule has 2 aliphatic heterocycles. The number of rotatable bonds is 3. The van der Waals surface area contributed by atoms with E-state index in [1.54, 1.807) is 0 Å². The Bertz CT molecular complexity index is 1160. The van der Waals surface area contributed by atoms with E-state index in [1.165, 1.54) is 17.4 Å². The molecule has 5 rings (SSSR count). The maximum atomic E-state index is 11.9. The molecule has 30 heavy (non-hydrogen) atoms. The van der Waals surface area contributed by atoms with Gasteiger partial charge in [-0.15, -0.1) is 5.10 Å². The molecule has 9 heteroatoms. The molecule has 0 spiro atoms. The van der Waals surface area contributed by atoms with Crippen LogP contribution >= 0.6 is 24.0 Å². The number of nitrogens with one attached hydrogen (secondary N) is 1. The number of likely N-dealkylation sites (N-methyl/N-ethyl adjacent to an activating group) is 1. The van der Waals surface area contributed by atoms with Crippen LogP contribution in [0.5, 0.6) is 0 Å². The van der Waals surface area contributed by atoms with E-state index in [0.29, 0.717) is 9.23 Å². The molecular weight excluding hydrogens is 416 g/mol. The lowest BCUT2D eigenvalue weighted by Gasteiger charge is -2.34. The highest BCUT2D eigenvalue weighted by molar-refractivity contribution is 8.26. The van der Waals surface area contributed by atoms with Gasteiger partial charge < -0.3 is 15.1 Å². The molecule has 2 aromatic carbocycles. The second kappa shape index (κ2) is 7.82. The summed E-state index contributed by atoms with van der Waals surface area (Å²) in [5.41, 5.74) is 4.78. The van der Waals surface area contributed by atoms with Crippen molar-refractivity contribution in [1.82, 2.24) is 25.2 Å². The second-order valence-electron chi connectivity index (χ2n) is 7.41. The summed E-state index contributed by atoms with van der Waals surface area (Å²) in [4.78, 5) is 17.3. The van der Waals surface area contributed by atoms with E-state index in [0.717, 1.165) is 48.5 Å². The third kappa shape index (κ3) is 3.71. The van der Waals surface area contributed by atoms with Crippen molar-refractivity contribution < 1.29 is 4.79 Å². The van der Waals surface area contributed by atoms with Crippen LogP contribution in [-0.2, 0) is 4.79 Å². The summed E-state index contributed by atoms with van der Waals surface area (Å²) < 4.78 is 2.32. The van der Waals surface area contributed by atoms with Gasteiger partial charge >= 0.3 is 0 Å². The molecule has 3 aromatic rings. The lowest BCUT2D eigenvalue weighted by molar-refractivity contribution is -0.115. The predicted octanol–water partition coefficient (Wildman–Crippen LogP) is 2.66. The van der Waals surface area contributed by atoms with Crippen LogP contribution in [0.1, 0.15) is 5.56 Å². The normalized spacial score (nSPS) is 19.1. The smallest absolute Gasteiger partial charge is 0.263 e. The third-order valence-corrected chi connectivity index (χ3v) is 6.53. The zero-order chi connectivity index (χ0) is 20.7. The Morgan fingerprint density at radius 3 is 2.50 bits per heavy atom. The van der Waals surface area contributed by atoms with Gasteiger partial charge in [-0.25, -0.2) is 4.68 Å². The van der Waals surface area contributed by atoms with E-state index >= 15 is 0 Å². The molecule has 0 radical (unpaired) electrons. The largest absolute Gasteiger partial charge is 0.369 e. The van der Waals surface area contributed by atoms with Gasteiger partial charge in [0.2, 0.25) is 0 Å². The van der Waals surface area contributed by atoms with Gasteiger partial charge in [-0.1, -0.05) is 35.3 Å². The number of hydrogen-bond acceptors (Lipinski definition) is 7. The van der Waals surface area contributed by atoms with Gasteiger partial charge in [-0.05, 0) is 55.1 Å². The number of piperazine rings is 1. The molecule has 1 N–H and O–H groups in total. The number of thioether (sulfide) groups is 1. The maximum absolute atomic E-state index is 11.9. The van der Waals surface area contributed by atoms with Crippen molar-refractivity contribution in [3.05, 3.63) is 52.9 Å². The number of nitrogens with zero attached hydrogens (tertiary/aromatic N) is 5. The Balaban J connectivity index is 1.44. The molecule has 2 fully saturated rings. The summed E-state index contributed by atoms with van der Waals surface area (Å²) in [6, 6.07) is 14.3. The summed E-state index contributed by atoms with van der Waals surface area (Å²) in [7, 11) is 2.16.